The lowest BCUT2D eigenvalue weighted by Gasteiger charge is -2.26. The van der Waals surface area contributed by atoms with Crippen molar-refractivity contribution in [2.75, 3.05) is 0 Å². The van der Waals surface area contributed by atoms with Crippen LogP contribution in [0.3, 0.4) is 0 Å². The van der Waals surface area contributed by atoms with E-state index in [-0.39, 0.29) is 17.3 Å². The summed E-state index contributed by atoms with van der Waals surface area (Å²) in [5.41, 5.74) is 9.63. The Labute approximate surface area is 114 Å². The zero-order chi connectivity index (χ0) is 14.0. The Morgan fingerprint density at radius 2 is 1.53 bits per heavy atom. The van der Waals surface area contributed by atoms with Crippen LogP contribution in [0.5, 0.6) is 0 Å². The Kier molecular flexibility index (Phi) is 3.72. The standard InChI is InChI=1S/C17H20FN/c1-17(2,3)15-7-5-4-6-14(15)16(19)12-8-10-13(18)11-9-12/h4-11,16H,19H2,1-3H3. The topological polar surface area (TPSA) is 26.0 Å². The molecule has 2 aromatic rings. The second kappa shape index (κ2) is 5.14. The van der Waals surface area contributed by atoms with Crippen LogP contribution in [0.25, 0.3) is 0 Å². The summed E-state index contributed by atoms with van der Waals surface area (Å²) in [6, 6.07) is 14.4. The van der Waals surface area contributed by atoms with Gasteiger partial charge in [-0.25, -0.2) is 4.39 Å². The predicted molar refractivity (Wildman–Crippen MR) is 77.6 cm³/mol. The SMILES string of the molecule is CC(C)(C)c1ccccc1C(N)c1ccc(F)cc1. The van der Waals surface area contributed by atoms with Crippen LogP contribution in [0.2, 0.25) is 0 Å². The molecule has 0 radical (unpaired) electrons. The van der Waals surface area contributed by atoms with E-state index in [4.69, 9.17) is 5.73 Å². The highest BCUT2D eigenvalue weighted by Gasteiger charge is 2.21. The molecule has 0 aliphatic carbocycles. The molecule has 0 saturated carbocycles. The van der Waals surface area contributed by atoms with Crippen LogP contribution in [0, 0.1) is 5.82 Å². The molecule has 2 aromatic carbocycles. The maximum atomic E-state index is 13.0. The molecule has 0 fully saturated rings. The number of hydrogen-bond donors (Lipinski definition) is 1. The van der Waals surface area contributed by atoms with E-state index in [0.29, 0.717) is 0 Å². The van der Waals surface area contributed by atoms with Crippen LogP contribution < -0.4 is 5.73 Å². The van der Waals surface area contributed by atoms with Crippen LogP contribution in [0.15, 0.2) is 48.5 Å². The number of rotatable bonds is 2. The second-order valence-corrected chi connectivity index (χ2v) is 5.87. The van der Waals surface area contributed by atoms with Gasteiger partial charge in [0, 0.05) is 0 Å². The van der Waals surface area contributed by atoms with E-state index in [1.54, 1.807) is 12.1 Å². The summed E-state index contributed by atoms with van der Waals surface area (Å²) in [6.07, 6.45) is 0. The van der Waals surface area contributed by atoms with E-state index in [1.165, 1.54) is 17.7 Å². The third-order valence-electron chi connectivity index (χ3n) is 3.33. The highest BCUT2D eigenvalue weighted by atomic mass is 19.1. The number of nitrogens with two attached hydrogens (primary N) is 1. The van der Waals surface area contributed by atoms with Crippen molar-refractivity contribution < 1.29 is 4.39 Å². The van der Waals surface area contributed by atoms with Gasteiger partial charge in [-0.05, 0) is 34.2 Å². The second-order valence-electron chi connectivity index (χ2n) is 5.87. The van der Waals surface area contributed by atoms with Gasteiger partial charge in [0.15, 0.2) is 0 Å². The Balaban J connectivity index is 2.44. The molecule has 0 heterocycles. The zero-order valence-corrected chi connectivity index (χ0v) is 11.7. The Bertz CT molecular complexity index is 552. The maximum absolute atomic E-state index is 13.0. The van der Waals surface area contributed by atoms with Gasteiger partial charge in [-0.1, -0.05) is 57.2 Å². The average Bonchev–Trinajstić information content (AvgIpc) is 2.38. The molecule has 100 valence electrons. The summed E-state index contributed by atoms with van der Waals surface area (Å²) in [4.78, 5) is 0. The Hall–Kier alpha value is -1.67. The first-order valence-corrected chi connectivity index (χ1v) is 6.50. The molecule has 19 heavy (non-hydrogen) atoms. The third-order valence-corrected chi connectivity index (χ3v) is 3.33. The molecule has 1 unspecified atom stereocenters. The Morgan fingerprint density at radius 1 is 0.947 bits per heavy atom. The predicted octanol–water partition coefficient (Wildman–Crippen LogP) is 4.17. The molecule has 1 nitrogen and oxygen atoms in total. The van der Waals surface area contributed by atoms with Crippen LogP contribution in [-0.2, 0) is 5.41 Å². The van der Waals surface area contributed by atoms with Gasteiger partial charge in [-0.3, -0.25) is 0 Å². The lowest BCUT2D eigenvalue weighted by atomic mass is 9.81. The fourth-order valence-corrected chi connectivity index (χ4v) is 2.30. The largest absolute Gasteiger partial charge is 0.320 e. The van der Waals surface area contributed by atoms with Gasteiger partial charge in [-0.2, -0.15) is 0 Å². The zero-order valence-electron chi connectivity index (χ0n) is 11.7. The minimum Gasteiger partial charge on any atom is -0.320 e. The van der Waals surface area contributed by atoms with E-state index in [9.17, 15) is 4.39 Å². The van der Waals surface area contributed by atoms with Crippen molar-refractivity contribution in [1.82, 2.24) is 0 Å². The maximum Gasteiger partial charge on any atom is 0.123 e. The van der Waals surface area contributed by atoms with E-state index in [2.05, 4.69) is 32.9 Å². The van der Waals surface area contributed by atoms with Crippen LogP contribution in [-0.4, -0.2) is 0 Å². The molecule has 0 spiro atoms. The fourth-order valence-electron chi connectivity index (χ4n) is 2.30. The van der Waals surface area contributed by atoms with Gasteiger partial charge >= 0.3 is 0 Å². The van der Waals surface area contributed by atoms with E-state index in [0.717, 1.165) is 11.1 Å². The van der Waals surface area contributed by atoms with Gasteiger partial charge in [0.25, 0.3) is 0 Å². The molecule has 0 bridgehead atoms. The summed E-state index contributed by atoms with van der Waals surface area (Å²) in [6.45, 7) is 6.51. The fraction of sp³-hybridized carbons (Fsp3) is 0.294. The highest BCUT2D eigenvalue weighted by Crippen LogP contribution is 2.31. The van der Waals surface area contributed by atoms with Crippen LogP contribution in [0.4, 0.5) is 4.39 Å². The molecule has 2 N–H and O–H groups in total. The van der Waals surface area contributed by atoms with Crippen molar-refractivity contribution in [3.8, 4) is 0 Å². The molecular weight excluding hydrogens is 237 g/mol. The normalized spacial score (nSPS) is 13.3. The summed E-state index contributed by atoms with van der Waals surface area (Å²) in [5, 5.41) is 0. The summed E-state index contributed by atoms with van der Waals surface area (Å²) in [7, 11) is 0. The van der Waals surface area contributed by atoms with E-state index < -0.39 is 0 Å². The number of benzene rings is 2. The minimum absolute atomic E-state index is 0.0360. The van der Waals surface area contributed by atoms with Crippen molar-refractivity contribution in [2.45, 2.75) is 32.2 Å². The first kappa shape index (κ1) is 13.8. The summed E-state index contributed by atoms with van der Waals surface area (Å²) in [5.74, 6) is -0.236. The lowest BCUT2D eigenvalue weighted by Crippen LogP contribution is -2.20. The molecule has 2 rings (SSSR count). The third kappa shape index (κ3) is 3.02. The molecular formula is C17H20FN. The van der Waals surface area contributed by atoms with Crippen molar-refractivity contribution in [3.63, 3.8) is 0 Å². The van der Waals surface area contributed by atoms with Gasteiger partial charge in [-0.15, -0.1) is 0 Å². The van der Waals surface area contributed by atoms with E-state index in [1.807, 2.05) is 12.1 Å². The smallest absolute Gasteiger partial charge is 0.123 e. The van der Waals surface area contributed by atoms with Crippen molar-refractivity contribution in [1.29, 1.82) is 0 Å². The highest BCUT2D eigenvalue weighted by molar-refractivity contribution is 5.40. The summed E-state index contributed by atoms with van der Waals surface area (Å²) >= 11 is 0. The van der Waals surface area contributed by atoms with Gasteiger partial charge < -0.3 is 5.73 Å². The first-order chi connectivity index (χ1) is 8.89. The molecule has 0 aromatic heterocycles. The van der Waals surface area contributed by atoms with Crippen molar-refractivity contribution in [2.24, 2.45) is 5.73 Å². The lowest BCUT2D eigenvalue weighted by molar-refractivity contribution is 0.577. The van der Waals surface area contributed by atoms with Gasteiger partial charge in [0.05, 0.1) is 6.04 Å². The van der Waals surface area contributed by atoms with Crippen molar-refractivity contribution >= 4 is 0 Å². The quantitative estimate of drug-likeness (QED) is 0.858. The Morgan fingerprint density at radius 3 is 2.11 bits per heavy atom. The van der Waals surface area contributed by atoms with Gasteiger partial charge in [0.1, 0.15) is 5.82 Å². The molecule has 0 saturated heterocycles. The monoisotopic (exact) mass is 257 g/mol. The molecule has 0 aliphatic rings. The molecule has 2 heteroatoms. The van der Waals surface area contributed by atoms with E-state index >= 15 is 0 Å². The molecule has 1 atom stereocenters. The number of hydrogen-bond acceptors (Lipinski definition) is 1. The first-order valence-electron chi connectivity index (χ1n) is 6.50. The van der Waals surface area contributed by atoms with Gasteiger partial charge in [0.2, 0.25) is 0 Å². The molecule has 0 amide bonds. The van der Waals surface area contributed by atoms with Crippen LogP contribution >= 0.6 is 0 Å². The number of halogens is 1. The van der Waals surface area contributed by atoms with Crippen molar-refractivity contribution in [3.05, 3.63) is 71.0 Å². The van der Waals surface area contributed by atoms with Crippen LogP contribution in [0.1, 0.15) is 43.5 Å². The average molecular weight is 257 g/mol. The molecule has 0 aliphatic heterocycles. The summed E-state index contributed by atoms with van der Waals surface area (Å²) < 4.78 is 13.0. The minimum atomic E-state index is -0.236.